The first kappa shape index (κ1) is 11.9. The molecule has 1 aromatic carbocycles. The molecule has 0 bridgehead atoms. The highest BCUT2D eigenvalue weighted by Gasteiger charge is 2.15. The molecule has 1 unspecified atom stereocenters. The summed E-state index contributed by atoms with van der Waals surface area (Å²) in [5, 5.41) is 8.64. The van der Waals surface area contributed by atoms with E-state index in [2.05, 4.69) is 0 Å². The zero-order valence-corrected chi connectivity index (χ0v) is 9.59. The molecule has 1 heterocycles. The normalized spacial score (nSPS) is 19.2. The van der Waals surface area contributed by atoms with Crippen LogP contribution in [-0.2, 0) is 16.0 Å². The van der Waals surface area contributed by atoms with E-state index in [1.165, 1.54) is 0 Å². The van der Waals surface area contributed by atoms with Crippen molar-refractivity contribution in [2.75, 3.05) is 13.2 Å². The van der Waals surface area contributed by atoms with E-state index in [0.29, 0.717) is 6.61 Å². The minimum absolute atomic E-state index is 0.0476. The maximum Gasteiger partial charge on any atom is 0.307 e. The third kappa shape index (κ3) is 3.75. The highest BCUT2D eigenvalue weighted by molar-refractivity contribution is 5.70. The van der Waals surface area contributed by atoms with Crippen LogP contribution in [0.1, 0.15) is 18.4 Å². The Morgan fingerprint density at radius 1 is 1.41 bits per heavy atom. The van der Waals surface area contributed by atoms with Gasteiger partial charge < -0.3 is 14.6 Å². The molecule has 1 aliphatic heterocycles. The Labute approximate surface area is 100 Å². The molecule has 1 fully saturated rings. The van der Waals surface area contributed by atoms with Gasteiger partial charge in [0, 0.05) is 6.61 Å². The smallest absolute Gasteiger partial charge is 0.307 e. The second-order valence-corrected chi connectivity index (χ2v) is 4.16. The van der Waals surface area contributed by atoms with Gasteiger partial charge in [-0.1, -0.05) is 12.1 Å². The Balaban J connectivity index is 1.82. The van der Waals surface area contributed by atoms with Crippen LogP contribution >= 0.6 is 0 Å². The van der Waals surface area contributed by atoms with E-state index in [4.69, 9.17) is 14.6 Å². The van der Waals surface area contributed by atoms with E-state index >= 15 is 0 Å². The average Bonchev–Trinajstić information content (AvgIpc) is 2.80. The van der Waals surface area contributed by atoms with Gasteiger partial charge >= 0.3 is 5.97 Å². The van der Waals surface area contributed by atoms with Crippen LogP contribution in [0.15, 0.2) is 24.3 Å². The van der Waals surface area contributed by atoms with Gasteiger partial charge in [-0.05, 0) is 30.5 Å². The van der Waals surface area contributed by atoms with Gasteiger partial charge in [0.2, 0.25) is 0 Å². The maximum atomic E-state index is 10.5. The molecular weight excluding hydrogens is 220 g/mol. The molecule has 17 heavy (non-hydrogen) atoms. The maximum absolute atomic E-state index is 10.5. The van der Waals surface area contributed by atoms with Gasteiger partial charge in [-0.15, -0.1) is 0 Å². The molecule has 0 aromatic heterocycles. The fourth-order valence-corrected chi connectivity index (χ4v) is 1.84. The van der Waals surface area contributed by atoms with Crippen LogP contribution in [0.5, 0.6) is 5.75 Å². The van der Waals surface area contributed by atoms with Gasteiger partial charge in [0.05, 0.1) is 12.5 Å². The van der Waals surface area contributed by atoms with E-state index in [1.54, 1.807) is 24.3 Å². The van der Waals surface area contributed by atoms with Crippen LogP contribution in [0.2, 0.25) is 0 Å². The second kappa shape index (κ2) is 5.68. The number of aliphatic carboxylic acids is 1. The molecule has 0 amide bonds. The third-order valence-electron chi connectivity index (χ3n) is 2.74. The van der Waals surface area contributed by atoms with Crippen molar-refractivity contribution in [3.05, 3.63) is 29.8 Å². The Kier molecular flexibility index (Phi) is 3.98. The Morgan fingerprint density at radius 2 is 2.18 bits per heavy atom. The van der Waals surface area contributed by atoms with Gasteiger partial charge in [-0.2, -0.15) is 0 Å². The van der Waals surface area contributed by atoms with Crippen LogP contribution in [-0.4, -0.2) is 30.4 Å². The van der Waals surface area contributed by atoms with Crippen LogP contribution < -0.4 is 4.74 Å². The molecule has 1 N–H and O–H groups in total. The molecule has 0 aliphatic carbocycles. The molecule has 4 nitrogen and oxygen atoms in total. The summed E-state index contributed by atoms with van der Waals surface area (Å²) in [6, 6.07) is 7.15. The zero-order chi connectivity index (χ0) is 12.1. The van der Waals surface area contributed by atoms with Crippen LogP contribution in [0.4, 0.5) is 0 Å². The summed E-state index contributed by atoms with van der Waals surface area (Å²) in [6.07, 6.45) is 2.41. The standard InChI is InChI=1S/C13H16O4/c14-13(15)8-10-3-5-11(6-4-10)17-9-12-2-1-7-16-12/h3-6,12H,1-2,7-9H2,(H,14,15). The molecule has 1 atom stereocenters. The van der Waals surface area contributed by atoms with Gasteiger partial charge in [-0.25, -0.2) is 0 Å². The molecule has 1 aromatic rings. The molecule has 0 saturated carbocycles. The number of hydrogen-bond donors (Lipinski definition) is 1. The number of carboxylic acids is 1. The molecular formula is C13H16O4. The van der Waals surface area contributed by atoms with E-state index in [-0.39, 0.29) is 12.5 Å². The molecule has 2 rings (SSSR count). The lowest BCUT2D eigenvalue weighted by Crippen LogP contribution is -2.16. The molecule has 92 valence electrons. The van der Waals surface area contributed by atoms with Crippen molar-refractivity contribution in [3.63, 3.8) is 0 Å². The Morgan fingerprint density at radius 3 is 2.76 bits per heavy atom. The van der Waals surface area contributed by atoms with Crippen molar-refractivity contribution in [2.24, 2.45) is 0 Å². The van der Waals surface area contributed by atoms with Crippen LogP contribution in [0, 0.1) is 0 Å². The number of rotatable bonds is 5. The van der Waals surface area contributed by atoms with Crippen LogP contribution in [0.25, 0.3) is 0 Å². The number of ether oxygens (including phenoxy) is 2. The lowest BCUT2D eigenvalue weighted by molar-refractivity contribution is -0.136. The fraction of sp³-hybridized carbons (Fsp3) is 0.462. The summed E-state index contributed by atoms with van der Waals surface area (Å²) in [6.45, 7) is 1.39. The molecule has 1 aliphatic rings. The van der Waals surface area contributed by atoms with E-state index in [0.717, 1.165) is 30.8 Å². The first-order valence-electron chi connectivity index (χ1n) is 5.79. The van der Waals surface area contributed by atoms with Gasteiger partial charge in [-0.3, -0.25) is 4.79 Å². The summed E-state index contributed by atoms with van der Waals surface area (Å²) in [5.41, 5.74) is 0.780. The lowest BCUT2D eigenvalue weighted by atomic mass is 10.1. The van der Waals surface area contributed by atoms with Crippen LogP contribution in [0.3, 0.4) is 0 Å². The Bertz CT molecular complexity index is 366. The van der Waals surface area contributed by atoms with Crippen molar-refractivity contribution < 1.29 is 19.4 Å². The molecule has 4 heteroatoms. The molecule has 1 saturated heterocycles. The van der Waals surface area contributed by atoms with Crippen molar-refractivity contribution in [1.82, 2.24) is 0 Å². The largest absolute Gasteiger partial charge is 0.491 e. The third-order valence-corrected chi connectivity index (χ3v) is 2.74. The summed E-state index contributed by atoms with van der Waals surface area (Å²) in [7, 11) is 0. The quantitative estimate of drug-likeness (QED) is 0.848. The van der Waals surface area contributed by atoms with Crippen molar-refractivity contribution in [3.8, 4) is 5.75 Å². The minimum Gasteiger partial charge on any atom is -0.491 e. The topological polar surface area (TPSA) is 55.8 Å². The SMILES string of the molecule is O=C(O)Cc1ccc(OCC2CCCO2)cc1. The molecule has 0 radical (unpaired) electrons. The van der Waals surface area contributed by atoms with E-state index in [1.807, 2.05) is 0 Å². The summed E-state index contributed by atoms with van der Waals surface area (Å²) < 4.78 is 11.0. The van der Waals surface area contributed by atoms with E-state index < -0.39 is 5.97 Å². The summed E-state index contributed by atoms with van der Waals surface area (Å²) >= 11 is 0. The second-order valence-electron chi connectivity index (χ2n) is 4.16. The number of carbonyl (C=O) groups is 1. The molecule has 0 spiro atoms. The lowest BCUT2D eigenvalue weighted by Gasteiger charge is -2.11. The number of hydrogen-bond acceptors (Lipinski definition) is 3. The predicted molar refractivity (Wildman–Crippen MR) is 62.3 cm³/mol. The monoisotopic (exact) mass is 236 g/mol. The number of benzene rings is 1. The minimum atomic E-state index is -0.821. The highest BCUT2D eigenvalue weighted by atomic mass is 16.5. The fourth-order valence-electron chi connectivity index (χ4n) is 1.84. The zero-order valence-electron chi connectivity index (χ0n) is 9.59. The van der Waals surface area contributed by atoms with Crippen molar-refractivity contribution in [2.45, 2.75) is 25.4 Å². The Hall–Kier alpha value is -1.55. The predicted octanol–water partition coefficient (Wildman–Crippen LogP) is 1.87. The number of carboxylic acid groups (broad SMARTS) is 1. The first-order valence-corrected chi connectivity index (χ1v) is 5.79. The highest BCUT2D eigenvalue weighted by Crippen LogP contribution is 2.16. The summed E-state index contributed by atoms with van der Waals surface area (Å²) in [4.78, 5) is 10.5. The first-order chi connectivity index (χ1) is 8.24. The van der Waals surface area contributed by atoms with Crippen molar-refractivity contribution >= 4 is 5.97 Å². The van der Waals surface area contributed by atoms with Gasteiger partial charge in [0.25, 0.3) is 0 Å². The van der Waals surface area contributed by atoms with Gasteiger partial charge in [0.1, 0.15) is 12.4 Å². The van der Waals surface area contributed by atoms with Gasteiger partial charge in [0.15, 0.2) is 0 Å². The van der Waals surface area contributed by atoms with E-state index in [9.17, 15) is 4.79 Å². The summed E-state index contributed by atoms with van der Waals surface area (Å²) in [5.74, 6) is -0.0623. The van der Waals surface area contributed by atoms with Crippen molar-refractivity contribution in [1.29, 1.82) is 0 Å². The average molecular weight is 236 g/mol.